The van der Waals surface area contributed by atoms with Crippen LogP contribution < -0.4 is 4.74 Å². The van der Waals surface area contributed by atoms with E-state index in [-0.39, 0.29) is 24.2 Å². The normalized spacial score (nSPS) is 17.4. The zero-order valence-corrected chi connectivity index (χ0v) is 20.1. The van der Waals surface area contributed by atoms with Crippen LogP contribution in [0.15, 0.2) is 42.5 Å². The lowest BCUT2D eigenvalue weighted by molar-refractivity contribution is -0.155. The number of halogens is 3. The molecule has 0 amide bonds. The first-order valence-corrected chi connectivity index (χ1v) is 11.4. The van der Waals surface area contributed by atoms with Crippen molar-refractivity contribution in [2.45, 2.75) is 58.6 Å². The van der Waals surface area contributed by atoms with Gasteiger partial charge in [0.2, 0.25) is 0 Å². The lowest BCUT2D eigenvalue weighted by Gasteiger charge is -2.33. The first-order chi connectivity index (χ1) is 15.9. The Labute approximate surface area is 198 Å². The van der Waals surface area contributed by atoms with Gasteiger partial charge in [-0.3, -0.25) is 9.69 Å². The molecule has 34 heavy (non-hydrogen) atoms. The van der Waals surface area contributed by atoms with Gasteiger partial charge in [0.1, 0.15) is 18.0 Å². The van der Waals surface area contributed by atoms with Crippen LogP contribution in [0.5, 0.6) is 5.75 Å². The minimum atomic E-state index is -4.42. The van der Waals surface area contributed by atoms with Gasteiger partial charge in [-0.1, -0.05) is 24.3 Å². The molecule has 1 atom stereocenters. The Balaban J connectivity index is 1.59. The van der Waals surface area contributed by atoms with E-state index in [4.69, 9.17) is 14.2 Å². The number of morpholine rings is 1. The highest BCUT2D eigenvalue weighted by Crippen LogP contribution is 2.33. The molecular formula is C26H32F3NO4. The lowest BCUT2D eigenvalue weighted by atomic mass is 10.0. The quantitative estimate of drug-likeness (QED) is 0.477. The topological polar surface area (TPSA) is 48.0 Å². The van der Waals surface area contributed by atoms with Crippen LogP contribution in [0, 0.1) is 6.92 Å². The second-order valence-corrected chi connectivity index (χ2v) is 9.46. The summed E-state index contributed by atoms with van der Waals surface area (Å²) in [6.45, 7) is 9.81. The van der Waals surface area contributed by atoms with Gasteiger partial charge in [0.05, 0.1) is 24.7 Å². The third kappa shape index (κ3) is 7.46. The minimum Gasteiger partial charge on any atom is -0.489 e. The van der Waals surface area contributed by atoms with Gasteiger partial charge in [0.25, 0.3) is 0 Å². The number of ether oxygens (including phenoxy) is 3. The summed E-state index contributed by atoms with van der Waals surface area (Å²) in [7, 11) is 0. The first-order valence-electron chi connectivity index (χ1n) is 11.4. The second kappa shape index (κ2) is 10.8. The molecular weight excluding hydrogens is 447 g/mol. The van der Waals surface area contributed by atoms with Crippen LogP contribution in [-0.2, 0) is 27.1 Å². The molecule has 2 aromatic carbocycles. The molecule has 1 unspecified atom stereocenters. The molecule has 1 saturated heterocycles. The summed E-state index contributed by atoms with van der Waals surface area (Å²) in [6.07, 6.45) is -4.27. The number of benzene rings is 2. The minimum absolute atomic E-state index is 0.0907. The van der Waals surface area contributed by atoms with Gasteiger partial charge >= 0.3 is 12.1 Å². The van der Waals surface area contributed by atoms with Crippen molar-refractivity contribution in [3.05, 3.63) is 64.7 Å². The molecule has 1 heterocycles. The van der Waals surface area contributed by atoms with Crippen LogP contribution >= 0.6 is 0 Å². The van der Waals surface area contributed by atoms with Crippen molar-refractivity contribution < 1.29 is 32.2 Å². The van der Waals surface area contributed by atoms with E-state index < -0.39 is 17.3 Å². The van der Waals surface area contributed by atoms with Crippen LogP contribution in [0.2, 0.25) is 0 Å². The molecule has 2 aromatic rings. The maximum atomic E-state index is 13.2. The van der Waals surface area contributed by atoms with Crippen LogP contribution in [0.4, 0.5) is 13.2 Å². The molecule has 8 heteroatoms. The van der Waals surface area contributed by atoms with E-state index in [1.807, 2.05) is 39.8 Å². The molecule has 0 aliphatic carbocycles. The van der Waals surface area contributed by atoms with E-state index in [0.717, 1.165) is 23.7 Å². The standard InChI is InChI=1S/C26H32F3NO4/c1-18-15-20(33-17-19-7-5-6-8-22(19)26(27,28)29)9-10-21(18)23-16-30(13-14-32-23)12-11-24(31)34-25(2,3)4/h5-10,15,23H,11-14,16-17H2,1-4H3. The fourth-order valence-corrected chi connectivity index (χ4v) is 3.92. The summed E-state index contributed by atoms with van der Waals surface area (Å²) in [6, 6.07) is 10.9. The Hall–Kier alpha value is -2.58. The number of aryl methyl sites for hydroxylation is 1. The van der Waals surface area contributed by atoms with Crippen molar-refractivity contribution in [3.8, 4) is 5.75 Å². The Bertz CT molecular complexity index is 985. The van der Waals surface area contributed by atoms with Crippen LogP contribution in [0.25, 0.3) is 0 Å². The first kappa shape index (κ1) is 26.0. The third-order valence-corrected chi connectivity index (χ3v) is 5.51. The number of alkyl halides is 3. The summed E-state index contributed by atoms with van der Waals surface area (Å²) in [4.78, 5) is 14.2. The van der Waals surface area contributed by atoms with Gasteiger partial charge in [-0.25, -0.2) is 0 Å². The summed E-state index contributed by atoms with van der Waals surface area (Å²) >= 11 is 0. The number of hydrogen-bond acceptors (Lipinski definition) is 5. The lowest BCUT2D eigenvalue weighted by Crippen LogP contribution is -2.40. The average Bonchev–Trinajstić information content (AvgIpc) is 2.75. The second-order valence-electron chi connectivity index (χ2n) is 9.46. The summed E-state index contributed by atoms with van der Waals surface area (Å²) < 4.78 is 56.6. The fraction of sp³-hybridized carbons (Fsp3) is 0.500. The van der Waals surface area contributed by atoms with Crippen molar-refractivity contribution in [1.82, 2.24) is 4.90 Å². The zero-order chi connectivity index (χ0) is 24.9. The van der Waals surface area contributed by atoms with Crippen LogP contribution in [0.1, 0.15) is 55.5 Å². The van der Waals surface area contributed by atoms with Crippen molar-refractivity contribution in [1.29, 1.82) is 0 Å². The number of esters is 1. The molecule has 0 saturated carbocycles. The molecule has 0 N–H and O–H groups in total. The zero-order valence-electron chi connectivity index (χ0n) is 20.1. The van der Waals surface area contributed by atoms with E-state index in [1.54, 1.807) is 12.1 Å². The van der Waals surface area contributed by atoms with E-state index in [1.165, 1.54) is 12.1 Å². The molecule has 1 aliphatic rings. The summed E-state index contributed by atoms with van der Waals surface area (Å²) in [5.74, 6) is 0.274. The Morgan fingerprint density at radius 2 is 1.88 bits per heavy atom. The predicted molar refractivity (Wildman–Crippen MR) is 123 cm³/mol. The van der Waals surface area contributed by atoms with E-state index in [2.05, 4.69) is 4.90 Å². The van der Waals surface area contributed by atoms with Crippen molar-refractivity contribution in [3.63, 3.8) is 0 Å². The highest BCUT2D eigenvalue weighted by Gasteiger charge is 2.33. The van der Waals surface area contributed by atoms with E-state index in [9.17, 15) is 18.0 Å². The van der Waals surface area contributed by atoms with E-state index >= 15 is 0 Å². The van der Waals surface area contributed by atoms with Crippen molar-refractivity contribution in [2.75, 3.05) is 26.2 Å². The average molecular weight is 480 g/mol. The third-order valence-electron chi connectivity index (χ3n) is 5.51. The summed E-state index contributed by atoms with van der Waals surface area (Å²) in [5, 5.41) is 0. The largest absolute Gasteiger partial charge is 0.489 e. The maximum absolute atomic E-state index is 13.2. The Morgan fingerprint density at radius 3 is 2.56 bits per heavy atom. The smallest absolute Gasteiger partial charge is 0.416 e. The van der Waals surface area contributed by atoms with Gasteiger partial charge < -0.3 is 14.2 Å². The molecule has 0 bridgehead atoms. The van der Waals surface area contributed by atoms with Crippen molar-refractivity contribution in [2.24, 2.45) is 0 Å². The monoisotopic (exact) mass is 479 g/mol. The van der Waals surface area contributed by atoms with E-state index in [0.29, 0.717) is 31.9 Å². The van der Waals surface area contributed by atoms with Crippen LogP contribution in [0.3, 0.4) is 0 Å². The number of nitrogens with zero attached hydrogens (tertiary/aromatic N) is 1. The highest BCUT2D eigenvalue weighted by atomic mass is 19.4. The molecule has 1 fully saturated rings. The molecule has 0 spiro atoms. The van der Waals surface area contributed by atoms with Gasteiger partial charge in [-0.05, 0) is 57.0 Å². The Kier molecular flexibility index (Phi) is 8.25. The summed E-state index contributed by atoms with van der Waals surface area (Å²) in [5.41, 5.74) is 0.824. The number of carbonyl (C=O) groups is 1. The van der Waals surface area contributed by atoms with Gasteiger partial charge in [0.15, 0.2) is 0 Å². The molecule has 5 nitrogen and oxygen atoms in total. The van der Waals surface area contributed by atoms with Gasteiger partial charge in [-0.2, -0.15) is 13.2 Å². The number of carbonyl (C=O) groups excluding carboxylic acids is 1. The molecule has 1 aliphatic heterocycles. The molecule has 186 valence electrons. The van der Waals surface area contributed by atoms with Crippen LogP contribution in [-0.4, -0.2) is 42.7 Å². The molecule has 0 aromatic heterocycles. The van der Waals surface area contributed by atoms with Gasteiger partial charge in [0, 0.05) is 25.2 Å². The maximum Gasteiger partial charge on any atom is 0.416 e. The number of hydrogen-bond donors (Lipinski definition) is 0. The SMILES string of the molecule is Cc1cc(OCc2ccccc2C(F)(F)F)ccc1C1CN(CCC(=O)OC(C)(C)C)CCO1. The fourth-order valence-electron chi connectivity index (χ4n) is 3.92. The molecule has 0 radical (unpaired) electrons. The molecule has 3 rings (SSSR count). The highest BCUT2D eigenvalue weighted by molar-refractivity contribution is 5.70. The predicted octanol–water partition coefficient (Wildman–Crippen LogP) is 5.70. The number of rotatable bonds is 7. The Morgan fingerprint density at radius 1 is 1.15 bits per heavy atom. The van der Waals surface area contributed by atoms with Crippen molar-refractivity contribution >= 4 is 5.97 Å². The van der Waals surface area contributed by atoms with Gasteiger partial charge in [-0.15, -0.1) is 0 Å².